The summed E-state index contributed by atoms with van der Waals surface area (Å²) in [5.74, 6) is -1.60. The Kier molecular flexibility index (Phi) is 5.89. The molecule has 9 heteroatoms. The first-order valence-corrected chi connectivity index (χ1v) is 10.0. The lowest BCUT2D eigenvalue weighted by Crippen LogP contribution is -2.44. The van der Waals surface area contributed by atoms with Crippen molar-refractivity contribution >= 4 is 18.0 Å². The first-order valence-electron chi connectivity index (χ1n) is 10.0. The lowest BCUT2D eigenvalue weighted by Gasteiger charge is -2.17. The van der Waals surface area contributed by atoms with E-state index in [1.807, 2.05) is 36.4 Å². The van der Waals surface area contributed by atoms with Gasteiger partial charge >= 0.3 is 12.1 Å². The van der Waals surface area contributed by atoms with E-state index in [0.717, 1.165) is 22.3 Å². The number of ether oxygens (including phenoxy) is 1. The number of benzene rings is 2. The van der Waals surface area contributed by atoms with Gasteiger partial charge < -0.3 is 25.0 Å². The van der Waals surface area contributed by atoms with Crippen molar-refractivity contribution in [3.8, 4) is 11.1 Å². The highest BCUT2D eigenvalue weighted by Gasteiger charge is 2.29. The topological polar surface area (TPSA) is 131 Å². The van der Waals surface area contributed by atoms with Crippen LogP contribution in [0.1, 0.15) is 40.2 Å². The molecule has 0 fully saturated rings. The summed E-state index contributed by atoms with van der Waals surface area (Å²) >= 11 is 0. The normalized spacial score (nSPS) is 13.0. The van der Waals surface area contributed by atoms with E-state index in [9.17, 15) is 14.4 Å². The van der Waals surface area contributed by atoms with Gasteiger partial charge in [0.05, 0.1) is 6.54 Å². The molecule has 0 unspecified atom stereocenters. The highest BCUT2D eigenvalue weighted by Crippen LogP contribution is 2.44. The Morgan fingerprint density at radius 3 is 2.31 bits per heavy atom. The standard InChI is InChI=1S/C23H21N3O6/c1-13(21(27)24-11-14-10-20(22(28)29)26-32-14)25-23(30)31-12-19-17-8-4-2-6-15(17)16-7-3-5-9-18(16)19/h2-10,13,19H,11-12H2,1H3,(H,24,27)(H,25,30)(H,28,29)/t13-/m0/s1. The van der Waals surface area contributed by atoms with Crippen LogP contribution in [0.15, 0.2) is 59.1 Å². The maximum atomic E-state index is 12.3. The van der Waals surface area contributed by atoms with Gasteiger partial charge in [-0.2, -0.15) is 0 Å². The Morgan fingerprint density at radius 1 is 1.09 bits per heavy atom. The highest BCUT2D eigenvalue weighted by atomic mass is 16.5. The molecule has 1 atom stereocenters. The molecule has 0 saturated heterocycles. The van der Waals surface area contributed by atoms with Gasteiger partial charge in [-0.25, -0.2) is 9.59 Å². The largest absolute Gasteiger partial charge is 0.476 e. The maximum absolute atomic E-state index is 12.3. The summed E-state index contributed by atoms with van der Waals surface area (Å²) in [6.45, 7) is 1.60. The van der Waals surface area contributed by atoms with Gasteiger partial charge in [-0.05, 0) is 29.2 Å². The predicted molar refractivity (Wildman–Crippen MR) is 113 cm³/mol. The molecule has 164 valence electrons. The SMILES string of the molecule is C[C@H](NC(=O)OCC1c2ccccc2-c2ccccc21)C(=O)NCc1cc(C(=O)O)no1. The van der Waals surface area contributed by atoms with Crippen LogP contribution in [0.3, 0.4) is 0 Å². The number of hydrogen-bond acceptors (Lipinski definition) is 6. The number of carboxylic acid groups (broad SMARTS) is 1. The first-order chi connectivity index (χ1) is 15.4. The molecular weight excluding hydrogens is 414 g/mol. The predicted octanol–water partition coefficient (Wildman–Crippen LogP) is 2.92. The van der Waals surface area contributed by atoms with Gasteiger partial charge in [-0.15, -0.1) is 0 Å². The number of nitrogens with zero attached hydrogens (tertiary/aromatic N) is 1. The molecule has 3 aromatic rings. The van der Waals surface area contributed by atoms with Crippen LogP contribution in [-0.2, 0) is 16.1 Å². The van der Waals surface area contributed by atoms with Gasteiger partial charge in [-0.1, -0.05) is 53.7 Å². The van der Waals surface area contributed by atoms with Crippen LogP contribution >= 0.6 is 0 Å². The van der Waals surface area contributed by atoms with E-state index >= 15 is 0 Å². The third-order valence-corrected chi connectivity index (χ3v) is 5.29. The molecule has 32 heavy (non-hydrogen) atoms. The van der Waals surface area contributed by atoms with Crippen molar-refractivity contribution in [3.05, 3.63) is 77.2 Å². The monoisotopic (exact) mass is 435 g/mol. The van der Waals surface area contributed by atoms with Crippen molar-refractivity contribution in [2.24, 2.45) is 0 Å². The van der Waals surface area contributed by atoms with Crippen molar-refractivity contribution < 1.29 is 28.8 Å². The summed E-state index contributed by atoms with van der Waals surface area (Å²) in [5.41, 5.74) is 4.20. The van der Waals surface area contributed by atoms with E-state index in [4.69, 9.17) is 14.4 Å². The van der Waals surface area contributed by atoms with E-state index in [-0.39, 0.29) is 30.5 Å². The Hall–Kier alpha value is -4.14. The highest BCUT2D eigenvalue weighted by molar-refractivity contribution is 5.86. The van der Waals surface area contributed by atoms with Crippen LogP contribution in [0, 0.1) is 0 Å². The number of carbonyl (C=O) groups is 3. The molecule has 1 heterocycles. The second kappa shape index (κ2) is 8.93. The van der Waals surface area contributed by atoms with Crippen LogP contribution in [0.25, 0.3) is 11.1 Å². The second-order valence-electron chi connectivity index (χ2n) is 7.39. The van der Waals surface area contributed by atoms with Crippen LogP contribution in [0.4, 0.5) is 4.79 Å². The second-order valence-corrected chi connectivity index (χ2v) is 7.39. The number of nitrogens with one attached hydrogen (secondary N) is 2. The van der Waals surface area contributed by atoms with E-state index in [1.165, 1.54) is 13.0 Å². The van der Waals surface area contributed by atoms with Gasteiger partial charge in [0.15, 0.2) is 11.5 Å². The van der Waals surface area contributed by atoms with Gasteiger partial charge in [0.25, 0.3) is 0 Å². The number of alkyl carbamates (subject to hydrolysis) is 1. The lowest BCUT2D eigenvalue weighted by atomic mass is 9.98. The zero-order chi connectivity index (χ0) is 22.7. The Morgan fingerprint density at radius 2 is 1.72 bits per heavy atom. The molecule has 0 aliphatic heterocycles. The average molecular weight is 435 g/mol. The summed E-state index contributed by atoms with van der Waals surface area (Å²) in [5, 5.41) is 17.2. The molecule has 0 bridgehead atoms. The van der Waals surface area contributed by atoms with E-state index in [1.54, 1.807) is 0 Å². The first kappa shape index (κ1) is 21.1. The summed E-state index contributed by atoms with van der Waals surface area (Å²) in [4.78, 5) is 35.3. The molecular formula is C23H21N3O6. The number of aromatic carboxylic acids is 1. The molecule has 1 aromatic heterocycles. The molecule has 1 aliphatic rings. The fourth-order valence-corrected chi connectivity index (χ4v) is 3.71. The van der Waals surface area contributed by atoms with Crippen molar-refractivity contribution in [2.75, 3.05) is 6.61 Å². The number of rotatable bonds is 7. The molecule has 9 nitrogen and oxygen atoms in total. The minimum Gasteiger partial charge on any atom is -0.476 e. The number of carboxylic acids is 1. The van der Waals surface area contributed by atoms with E-state index in [0.29, 0.717) is 0 Å². The third-order valence-electron chi connectivity index (χ3n) is 5.29. The Balaban J connectivity index is 1.30. The number of hydrogen-bond donors (Lipinski definition) is 3. The Bertz CT molecular complexity index is 1130. The minimum atomic E-state index is -1.23. The van der Waals surface area contributed by atoms with Gasteiger partial charge in [0.2, 0.25) is 5.91 Å². The van der Waals surface area contributed by atoms with Gasteiger partial charge in [0, 0.05) is 12.0 Å². The quantitative estimate of drug-likeness (QED) is 0.520. The van der Waals surface area contributed by atoms with Crippen molar-refractivity contribution in [1.29, 1.82) is 0 Å². The lowest BCUT2D eigenvalue weighted by molar-refractivity contribution is -0.122. The van der Waals surface area contributed by atoms with Crippen molar-refractivity contribution in [2.45, 2.75) is 25.4 Å². The number of carbonyl (C=O) groups excluding carboxylic acids is 2. The zero-order valence-corrected chi connectivity index (χ0v) is 17.2. The van der Waals surface area contributed by atoms with Gasteiger partial charge in [-0.3, -0.25) is 4.79 Å². The fraction of sp³-hybridized carbons (Fsp3) is 0.217. The van der Waals surface area contributed by atoms with Crippen LogP contribution < -0.4 is 10.6 Å². The fourth-order valence-electron chi connectivity index (χ4n) is 3.71. The van der Waals surface area contributed by atoms with Gasteiger partial charge in [0.1, 0.15) is 12.6 Å². The summed E-state index contributed by atoms with van der Waals surface area (Å²) in [6, 6.07) is 16.4. The van der Waals surface area contributed by atoms with Crippen LogP contribution in [0.5, 0.6) is 0 Å². The molecule has 1 aliphatic carbocycles. The van der Waals surface area contributed by atoms with E-state index < -0.39 is 24.0 Å². The molecule has 2 amide bonds. The Labute approximate surface area is 183 Å². The molecule has 4 rings (SSSR count). The molecule has 0 spiro atoms. The van der Waals surface area contributed by atoms with Crippen LogP contribution in [-0.4, -0.2) is 40.9 Å². The summed E-state index contributed by atoms with van der Waals surface area (Å²) < 4.78 is 10.3. The zero-order valence-electron chi connectivity index (χ0n) is 17.2. The maximum Gasteiger partial charge on any atom is 0.407 e. The molecule has 3 N–H and O–H groups in total. The van der Waals surface area contributed by atoms with Crippen LogP contribution in [0.2, 0.25) is 0 Å². The number of amides is 2. The van der Waals surface area contributed by atoms with Crippen molar-refractivity contribution in [3.63, 3.8) is 0 Å². The van der Waals surface area contributed by atoms with E-state index in [2.05, 4.69) is 27.9 Å². The summed E-state index contributed by atoms with van der Waals surface area (Å²) in [6.07, 6.45) is -0.706. The minimum absolute atomic E-state index is 0.0597. The average Bonchev–Trinajstić information content (AvgIpc) is 3.39. The number of aromatic nitrogens is 1. The molecule has 0 radical (unpaired) electrons. The molecule has 0 saturated carbocycles. The molecule has 2 aromatic carbocycles. The third kappa shape index (κ3) is 4.31. The number of fused-ring (bicyclic) bond motifs is 3. The smallest absolute Gasteiger partial charge is 0.407 e. The van der Waals surface area contributed by atoms with Crippen molar-refractivity contribution in [1.82, 2.24) is 15.8 Å². The summed E-state index contributed by atoms with van der Waals surface area (Å²) in [7, 11) is 0.